The Morgan fingerprint density at radius 2 is 1.86 bits per heavy atom. The minimum Gasteiger partial charge on any atom is -0.395 e. The van der Waals surface area contributed by atoms with Crippen molar-refractivity contribution in [3.05, 3.63) is 53.6 Å². The third kappa shape index (κ3) is 4.60. The van der Waals surface area contributed by atoms with Gasteiger partial charge in [0.2, 0.25) is 11.8 Å². The second kappa shape index (κ2) is 9.02. The fraction of sp³-hybridized carbons (Fsp3) is 0.391. The molecule has 1 atom stereocenters. The van der Waals surface area contributed by atoms with Crippen molar-refractivity contribution in [2.45, 2.75) is 45.6 Å². The molecule has 1 aliphatic heterocycles. The molecule has 0 saturated heterocycles. The number of benzene rings is 2. The van der Waals surface area contributed by atoms with Crippen LogP contribution in [0.2, 0.25) is 0 Å². The van der Waals surface area contributed by atoms with E-state index in [0.29, 0.717) is 19.4 Å². The second-order valence-electron chi connectivity index (χ2n) is 7.39. The fourth-order valence-corrected chi connectivity index (χ4v) is 3.82. The van der Waals surface area contributed by atoms with Crippen LogP contribution in [0.5, 0.6) is 0 Å². The van der Waals surface area contributed by atoms with Gasteiger partial charge in [-0.2, -0.15) is 0 Å². The molecule has 0 aromatic heterocycles. The van der Waals surface area contributed by atoms with Crippen LogP contribution in [-0.4, -0.2) is 36.1 Å². The molecule has 1 heterocycles. The number of aliphatic hydroxyl groups excluding tert-OH is 1. The first-order valence-electron chi connectivity index (χ1n) is 9.89. The lowest BCUT2D eigenvalue weighted by atomic mass is 9.92. The molecular formula is C23H28N2O3. The summed E-state index contributed by atoms with van der Waals surface area (Å²) in [5.74, 6) is 0.0469. The summed E-state index contributed by atoms with van der Waals surface area (Å²) < 4.78 is 0. The molecule has 0 spiro atoms. The highest BCUT2D eigenvalue weighted by Crippen LogP contribution is 2.34. The van der Waals surface area contributed by atoms with Crippen LogP contribution < -0.4 is 10.2 Å². The Kier molecular flexibility index (Phi) is 6.47. The van der Waals surface area contributed by atoms with Gasteiger partial charge < -0.3 is 15.3 Å². The number of hydrogen-bond donors (Lipinski definition) is 2. The third-order valence-corrected chi connectivity index (χ3v) is 5.31. The van der Waals surface area contributed by atoms with E-state index in [0.717, 1.165) is 35.2 Å². The number of aliphatic hydroxyl groups is 1. The van der Waals surface area contributed by atoms with E-state index in [1.807, 2.05) is 4.90 Å². The zero-order valence-electron chi connectivity index (χ0n) is 16.6. The van der Waals surface area contributed by atoms with Crippen molar-refractivity contribution in [1.82, 2.24) is 5.32 Å². The van der Waals surface area contributed by atoms with Crippen LogP contribution >= 0.6 is 0 Å². The smallest absolute Gasteiger partial charge is 0.224 e. The van der Waals surface area contributed by atoms with Gasteiger partial charge in [-0.15, -0.1) is 0 Å². The molecule has 1 aliphatic rings. The van der Waals surface area contributed by atoms with Gasteiger partial charge >= 0.3 is 0 Å². The molecule has 148 valence electrons. The van der Waals surface area contributed by atoms with Crippen molar-refractivity contribution in [1.29, 1.82) is 0 Å². The van der Waals surface area contributed by atoms with Crippen LogP contribution in [0.3, 0.4) is 0 Å². The maximum Gasteiger partial charge on any atom is 0.224 e. The van der Waals surface area contributed by atoms with Crippen LogP contribution in [0.25, 0.3) is 11.1 Å². The van der Waals surface area contributed by atoms with E-state index in [1.54, 1.807) is 6.92 Å². The molecule has 2 amide bonds. The van der Waals surface area contributed by atoms with E-state index >= 15 is 0 Å². The van der Waals surface area contributed by atoms with Gasteiger partial charge in [0.15, 0.2) is 0 Å². The number of aryl methyl sites for hydroxylation is 2. The first-order chi connectivity index (χ1) is 13.5. The summed E-state index contributed by atoms with van der Waals surface area (Å²) in [4.78, 5) is 25.6. The van der Waals surface area contributed by atoms with Crippen molar-refractivity contribution in [3.63, 3.8) is 0 Å². The molecule has 5 heteroatoms. The minimum atomic E-state index is -0.0444. The van der Waals surface area contributed by atoms with E-state index < -0.39 is 0 Å². The Labute approximate surface area is 166 Å². The molecule has 3 rings (SSSR count). The van der Waals surface area contributed by atoms with E-state index in [2.05, 4.69) is 54.7 Å². The number of carbonyl (C=O) groups excluding carboxylic acids is 2. The maximum atomic E-state index is 12.0. The van der Waals surface area contributed by atoms with Gasteiger partial charge in [-0.25, -0.2) is 0 Å². The molecule has 0 saturated carbocycles. The summed E-state index contributed by atoms with van der Waals surface area (Å²) in [6.07, 6.45) is 3.05. The summed E-state index contributed by atoms with van der Waals surface area (Å²) in [5, 5.41) is 11.4. The molecule has 0 bridgehead atoms. The molecule has 0 radical (unpaired) electrons. The lowest BCUT2D eigenvalue weighted by Crippen LogP contribution is -2.40. The van der Waals surface area contributed by atoms with Crippen LogP contribution in [0.4, 0.5) is 5.69 Å². The molecule has 0 aliphatic carbocycles. The monoisotopic (exact) mass is 380 g/mol. The number of hydrogen-bond acceptors (Lipinski definition) is 3. The first kappa shape index (κ1) is 20.1. The largest absolute Gasteiger partial charge is 0.395 e. The Morgan fingerprint density at radius 1 is 1.14 bits per heavy atom. The second-order valence-corrected chi connectivity index (χ2v) is 7.39. The summed E-state index contributed by atoms with van der Waals surface area (Å²) in [6.45, 7) is 3.99. The Bertz CT molecular complexity index is 845. The van der Waals surface area contributed by atoms with E-state index in [9.17, 15) is 9.59 Å². The van der Waals surface area contributed by atoms with Crippen molar-refractivity contribution in [3.8, 4) is 11.1 Å². The van der Waals surface area contributed by atoms with E-state index in [4.69, 9.17) is 5.11 Å². The predicted molar refractivity (Wildman–Crippen MR) is 111 cm³/mol. The quantitative estimate of drug-likeness (QED) is 0.809. The molecular weight excluding hydrogens is 352 g/mol. The summed E-state index contributed by atoms with van der Waals surface area (Å²) in [5.41, 5.74) is 5.63. The number of carbonyl (C=O) groups is 2. The molecule has 5 nitrogen and oxygen atoms in total. The van der Waals surface area contributed by atoms with Crippen LogP contribution in [0, 0.1) is 0 Å². The topological polar surface area (TPSA) is 69.6 Å². The highest BCUT2D eigenvalue weighted by Gasteiger charge is 2.26. The maximum absolute atomic E-state index is 12.0. The number of nitrogens with one attached hydrogen (secondary N) is 1. The number of nitrogens with zero attached hydrogens (tertiary/aromatic N) is 1. The molecule has 2 aromatic carbocycles. The Balaban J connectivity index is 1.71. The lowest BCUT2D eigenvalue weighted by Gasteiger charge is -2.34. The summed E-state index contributed by atoms with van der Waals surface area (Å²) in [7, 11) is 0. The van der Waals surface area contributed by atoms with Gasteiger partial charge in [0.1, 0.15) is 0 Å². The third-order valence-electron chi connectivity index (χ3n) is 5.31. The zero-order valence-corrected chi connectivity index (χ0v) is 16.6. The standard InChI is InChI=1S/C23H28N2O3/c1-16-3-7-21-15-20(10-11-22(21)25(16)17(2)27)19-8-4-18(5-9-19)6-12-23(28)24-13-14-26/h4-5,8-11,15-16,26H,3,6-7,12-14H2,1-2H3,(H,24,28)/t16-/m0/s1. The predicted octanol–water partition coefficient (Wildman–Crippen LogP) is 3.08. The number of rotatable bonds is 6. The zero-order chi connectivity index (χ0) is 20.1. The molecule has 2 N–H and O–H groups in total. The van der Waals surface area contributed by atoms with Crippen LogP contribution in [-0.2, 0) is 22.4 Å². The van der Waals surface area contributed by atoms with Gasteiger partial charge in [0.25, 0.3) is 0 Å². The summed E-state index contributed by atoms with van der Waals surface area (Å²) >= 11 is 0. The van der Waals surface area contributed by atoms with E-state index in [1.165, 1.54) is 5.56 Å². The molecule has 0 unspecified atom stereocenters. The summed E-state index contributed by atoms with van der Waals surface area (Å²) in [6, 6.07) is 14.8. The normalized spacial score (nSPS) is 15.8. The fourth-order valence-electron chi connectivity index (χ4n) is 3.82. The number of anilines is 1. The highest BCUT2D eigenvalue weighted by molar-refractivity contribution is 5.94. The average Bonchev–Trinajstić information content (AvgIpc) is 2.70. The molecule has 0 fully saturated rings. The minimum absolute atomic E-state index is 0.0374. The van der Waals surface area contributed by atoms with Crippen molar-refractivity contribution in [2.24, 2.45) is 0 Å². The lowest BCUT2D eigenvalue weighted by molar-refractivity contribution is -0.121. The van der Waals surface area contributed by atoms with Crippen LogP contribution in [0.1, 0.15) is 37.8 Å². The van der Waals surface area contributed by atoms with Crippen molar-refractivity contribution in [2.75, 3.05) is 18.1 Å². The Hall–Kier alpha value is -2.66. The highest BCUT2D eigenvalue weighted by atomic mass is 16.3. The first-order valence-corrected chi connectivity index (χ1v) is 9.89. The molecule has 2 aromatic rings. The Morgan fingerprint density at radius 3 is 2.54 bits per heavy atom. The van der Waals surface area contributed by atoms with Gasteiger partial charge in [-0.1, -0.05) is 30.3 Å². The van der Waals surface area contributed by atoms with E-state index in [-0.39, 0.29) is 24.5 Å². The van der Waals surface area contributed by atoms with Gasteiger partial charge in [-0.3, -0.25) is 9.59 Å². The van der Waals surface area contributed by atoms with Gasteiger partial charge in [-0.05, 0) is 60.6 Å². The van der Waals surface area contributed by atoms with Gasteiger partial charge in [0.05, 0.1) is 6.61 Å². The average molecular weight is 380 g/mol. The van der Waals surface area contributed by atoms with Crippen LogP contribution in [0.15, 0.2) is 42.5 Å². The van der Waals surface area contributed by atoms with Gasteiger partial charge in [0, 0.05) is 31.6 Å². The number of amides is 2. The van der Waals surface area contributed by atoms with Crippen molar-refractivity contribution >= 4 is 17.5 Å². The molecule has 28 heavy (non-hydrogen) atoms. The number of fused-ring (bicyclic) bond motifs is 1. The van der Waals surface area contributed by atoms with Crippen molar-refractivity contribution < 1.29 is 14.7 Å². The SMILES string of the molecule is CC(=O)N1c2ccc(-c3ccc(CCC(=O)NCCO)cc3)cc2CC[C@@H]1C.